The van der Waals surface area contributed by atoms with Gasteiger partial charge >= 0.3 is 0 Å². The van der Waals surface area contributed by atoms with Crippen LogP contribution in [0.25, 0.3) is 0 Å². The molecule has 5 rings (SSSR count). The van der Waals surface area contributed by atoms with E-state index in [1.165, 1.54) is 24.3 Å². The number of aryl methyl sites for hydroxylation is 2. The maximum atomic E-state index is 13.5. The van der Waals surface area contributed by atoms with Gasteiger partial charge in [-0.05, 0) is 78.8 Å². The van der Waals surface area contributed by atoms with Gasteiger partial charge in [0.25, 0.3) is 0 Å². The molecule has 4 atom stereocenters. The van der Waals surface area contributed by atoms with Crippen molar-refractivity contribution >= 4 is 0 Å². The molecular weight excluding hydrogens is 482 g/mol. The Hall–Kier alpha value is -3.04. The molecule has 6 nitrogen and oxygen atoms in total. The highest BCUT2D eigenvalue weighted by Gasteiger charge is 2.37. The quantitative estimate of drug-likeness (QED) is 0.375. The number of hydrogen-bond acceptors (Lipinski definition) is 6. The largest absolute Gasteiger partial charge is 0.489 e. The summed E-state index contributed by atoms with van der Waals surface area (Å²) >= 11 is 0. The van der Waals surface area contributed by atoms with E-state index in [1.54, 1.807) is 12.1 Å². The monoisotopic (exact) mass is 514 g/mol. The average Bonchev–Trinajstić information content (AvgIpc) is 3.70. The van der Waals surface area contributed by atoms with E-state index in [-0.39, 0.29) is 37.1 Å². The minimum atomic E-state index is -0.872. The second-order valence-corrected chi connectivity index (χ2v) is 9.16. The molecule has 0 aliphatic carbocycles. The number of epoxide rings is 1. The predicted molar refractivity (Wildman–Crippen MR) is 133 cm³/mol. The molecule has 0 aromatic heterocycles. The summed E-state index contributed by atoms with van der Waals surface area (Å²) in [7, 11) is 0. The van der Waals surface area contributed by atoms with Crippen LogP contribution in [0.2, 0.25) is 0 Å². The standard InChI is InChI=1S/C18H19FO3.C11H13FO3/c19-15-7-9-16(21-12-13-4-2-1-3-5-13)14(10-15)6-8-17-18(11-20)22-17;12-8-2-4-10-7(5-8)1-3-11(15-10)9(14)6-13/h1-5,7,9-10,17-18,20H,6,8,11-12H2;2,4-5,9,11,13-14H,1,3,6H2. The summed E-state index contributed by atoms with van der Waals surface area (Å²) in [4.78, 5) is 0. The fraction of sp³-hybridized carbons (Fsp3) is 0.379. The van der Waals surface area contributed by atoms with Crippen molar-refractivity contribution < 1.29 is 38.3 Å². The van der Waals surface area contributed by atoms with Crippen LogP contribution in [-0.4, -0.2) is 52.9 Å². The zero-order valence-corrected chi connectivity index (χ0v) is 20.4. The molecule has 3 aromatic carbocycles. The zero-order valence-electron chi connectivity index (χ0n) is 20.4. The summed E-state index contributed by atoms with van der Waals surface area (Å²) in [6.45, 7) is 0.186. The molecule has 4 unspecified atom stereocenters. The molecule has 198 valence electrons. The van der Waals surface area contributed by atoms with E-state index >= 15 is 0 Å². The first-order valence-corrected chi connectivity index (χ1v) is 12.4. The van der Waals surface area contributed by atoms with Gasteiger partial charge in [0.15, 0.2) is 0 Å². The Kier molecular flexibility index (Phi) is 9.46. The van der Waals surface area contributed by atoms with Gasteiger partial charge < -0.3 is 29.5 Å². The Labute approximate surface area is 215 Å². The number of rotatable bonds is 9. The third-order valence-corrected chi connectivity index (χ3v) is 6.44. The van der Waals surface area contributed by atoms with Crippen molar-refractivity contribution in [2.75, 3.05) is 13.2 Å². The first-order chi connectivity index (χ1) is 18.0. The molecule has 3 N–H and O–H groups in total. The molecule has 2 aliphatic rings. The van der Waals surface area contributed by atoms with E-state index in [4.69, 9.17) is 24.4 Å². The van der Waals surface area contributed by atoms with Crippen molar-refractivity contribution in [3.63, 3.8) is 0 Å². The van der Waals surface area contributed by atoms with Gasteiger partial charge in [0, 0.05) is 0 Å². The van der Waals surface area contributed by atoms with Crippen LogP contribution in [0, 0.1) is 11.6 Å². The Morgan fingerprint density at radius 1 is 0.946 bits per heavy atom. The summed E-state index contributed by atoms with van der Waals surface area (Å²) in [6, 6.07) is 18.8. The molecule has 37 heavy (non-hydrogen) atoms. The lowest BCUT2D eigenvalue weighted by molar-refractivity contribution is -0.00965. The second-order valence-electron chi connectivity index (χ2n) is 9.16. The van der Waals surface area contributed by atoms with Crippen LogP contribution in [0.1, 0.15) is 29.5 Å². The average molecular weight is 515 g/mol. The molecule has 2 aliphatic heterocycles. The van der Waals surface area contributed by atoms with Crippen LogP contribution in [0.15, 0.2) is 66.7 Å². The number of aliphatic hydroxyl groups excluding tert-OH is 3. The maximum absolute atomic E-state index is 13.5. The molecule has 0 radical (unpaired) electrons. The molecule has 0 saturated carbocycles. The van der Waals surface area contributed by atoms with E-state index < -0.39 is 12.2 Å². The van der Waals surface area contributed by atoms with Gasteiger partial charge in [-0.2, -0.15) is 0 Å². The smallest absolute Gasteiger partial charge is 0.127 e. The number of aliphatic hydroxyl groups is 3. The van der Waals surface area contributed by atoms with Gasteiger partial charge in [-0.15, -0.1) is 0 Å². The molecule has 1 saturated heterocycles. The molecule has 2 heterocycles. The van der Waals surface area contributed by atoms with Crippen molar-refractivity contribution in [2.24, 2.45) is 0 Å². The molecule has 0 bridgehead atoms. The number of fused-ring (bicyclic) bond motifs is 1. The highest BCUT2D eigenvalue weighted by molar-refractivity contribution is 5.36. The van der Waals surface area contributed by atoms with Gasteiger partial charge in [-0.3, -0.25) is 0 Å². The maximum Gasteiger partial charge on any atom is 0.127 e. The summed E-state index contributed by atoms with van der Waals surface area (Å²) in [5.74, 6) is 0.752. The van der Waals surface area contributed by atoms with Crippen molar-refractivity contribution in [2.45, 2.75) is 56.7 Å². The van der Waals surface area contributed by atoms with Crippen LogP contribution in [0.5, 0.6) is 11.5 Å². The summed E-state index contributed by atoms with van der Waals surface area (Å²) in [5.41, 5.74) is 2.73. The predicted octanol–water partition coefficient (Wildman–Crippen LogP) is 3.97. The first-order valence-electron chi connectivity index (χ1n) is 12.4. The Morgan fingerprint density at radius 2 is 1.70 bits per heavy atom. The summed E-state index contributed by atoms with van der Waals surface area (Å²) in [5, 5.41) is 27.2. The fourth-order valence-corrected chi connectivity index (χ4v) is 4.28. The van der Waals surface area contributed by atoms with Gasteiger partial charge in [0.05, 0.1) is 19.3 Å². The number of halogens is 2. The number of ether oxygens (including phenoxy) is 3. The Bertz CT molecular complexity index is 1140. The van der Waals surface area contributed by atoms with Gasteiger partial charge in [0.1, 0.15) is 48.1 Å². The van der Waals surface area contributed by atoms with Crippen molar-refractivity contribution in [1.29, 1.82) is 0 Å². The van der Waals surface area contributed by atoms with Gasteiger partial charge in [-0.25, -0.2) is 8.78 Å². The normalized spacial score (nSPS) is 20.6. The molecule has 8 heteroatoms. The molecular formula is C29H32F2O6. The molecule has 1 fully saturated rings. The second kappa shape index (κ2) is 13.0. The van der Waals surface area contributed by atoms with E-state index in [1.807, 2.05) is 30.3 Å². The van der Waals surface area contributed by atoms with Crippen LogP contribution in [0.4, 0.5) is 8.78 Å². The zero-order chi connectivity index (χ0) is 26.2. The topological polar surface area (TPSA) is 91.7 Å². The van der Waals surface area contributed by atoms with Crippen LogP contribution < -0.4 is 9.47 Å². The SMILES string of the molecule is OCC(O)C1CCc2cc(F)ccc2O1.OCC1OC1CCc1cc(F)ccc1OCc1ccccc1. The summed E-state index contributed by atoms with van der Waals surface area (Å²) in [6.07, 6.45) is 1.44. The molecule has 3 aromatic rings. The van der Waals surface area contributed by atoms with Gasteiger partial charge in [0.2, 0.25) is 0 Å². The lowest BCUT2D eigenvalue weighted by Gasteiger charge is -2.28. The van der Waals surface area contributed by atoms with E-state index in [2.05, 4.69) is 0 Å². The van der Waals surface area contributed by atoms with E-state index in [0.29, 0.717) is 37.4 Å². The van der Waals surface area contributed by atoms with Crippen molar-refractivity contribution in [3.8, 4) is 11.5 Å². The lowest BCUT2D eigenvalue weighted by Crippen LogP contribution is -2.37. The highest BCUT2D eigenvalue weighted by atomic mass is 19.1. The Morgan fingerprint density at radius 3 is 2.43 bits per heavy atom. The van der Waals surface area contributed by atoms with Crippen molar-refractivity contribution in [3.05, 3.63) is 95.1 Å². The first kappa shape index (κ1) is 27.0. The van der Waals surface area contributed by atoms with E-state index in [9.17, 15) is 13.9 Å². The minimum absolute atomic E-state index is 0.0468. The number of hydrogen-bond donors (Lipinski definition) is 3. The van der Waals surface area contributed by atoms with Gasteiger partial charge in [-0.1, -0.05) is 30.3 Å². The van der Waals surface area contributed by atoms with Crippen LogP contribution >= 0.6 is 0 Å². The third kappa shape index (κ3) is 7.72. The van der Waals surface area contributed by atoms with Crippen LogP contribution in [0.3, 0.4) is 0 Å². The minimum Gasteiger partial charge on any atom is -0.489 e. The fourth-order valence-electron chi connectivity index (χ4n) is 4.28. The van der Waals surface area contributed by atoms with Crippen molar-refractivity contribution in [1.82, 2.24) is 0 Å². The molecule has 0 amide bonds. The number of benzene rings is 3. The van der Waals surface area contributed by atoms with Crippen LogP contribution in [-0.2, 0) is 24.2 Å². The molecule has 0 spiro atoms. The third-order valence-electron chi connectivity index (χ3n) is 6.44. The highest BCUT2D eigenvalue weighted by Crippen LogP contribution is 2.30. The summed E-state index contributed by atoms with van der Waals surface area (Å²) < 4.78 is 42.9. The van der Waals surface area contributed by atoms with E-state index in [0.717, 1.165) is 23.1 Å². The Balaban J connectivity index is 0.000000186. The lowest BCUT2D eigenvalue weighted by atomic mass is 9.99.